The number of hydrogen-bond acceptors (Lipinski definition) is 3. The Morgan fingerprint density at radius 1 is 1.33 bits per heavy atom. The van der Waals surface area contributed by atoms with Gasteiger partial charge in [0.05, 0.1) is 17.7 Å². The van der Waals surface area contributed by atoms with E-state index >= 15 is 0 Å². The van der Waals surface area contributed by atoms with Crippen LogP contribution in [0.4, 0.5) is 24.5 Å². The predicted octanol–water partition coefficient (Wildman–Crippen LogP) is 3.64. The third-order valence-electron chi connectivity index (χ3n) is 4.28. The van der Waals surface area contributed by atoms with Gasteiger partial charge >= 0.3 is 6.18 Å². The van der Waals surface area contributed by atoms with Gasteiger partial charge < -0.3 is 16.2 Å². The number of benzene rings is 1. The molecule has 0 aliphatic heterocycles. The summed E-state index contributed by atoms with van der Waals surface area (Å²) in [6.07, 6.45) is -1.37. The van der Waals surface area contributed by atoms with Gasteiger partial charge in [-0.3, -0.25) is 0 Å². The first-order valence-electron chi connectivity index (χ1n) is 7.11. The molecule has 1 aromatic carbocycles. The first-order valence-corrected chi connectivity index (χ1v) is 7.11. The lowest BCUT2D eigenvalue weighted by Crippen LogP contribution is -2.45. The zero-order chi connectivity index (χ0) is 15.7. The van der Waals surface area contributed by atoms with E-state index in [1.165, 1.54) is 12.1 Å². The summed E-state index contributed by atoms with van der Waals surface area (Å²) in [5.41, 5.74) is 4.06. The molecule has 1 aliphatic carbocycles. The molecule has 0 heterocycles. The molecule has 0 radical (unpaired) electrons. The minimum Gasteiger partial charge on any atom is -0.399 e. The second-order valence-electron chi connectivity index (χ2n) is 6.05. The lowest BCUT2D eigenvalue weighted by atomic mass is 9.77. The van der Waals surface area contributed by atoms with Crippen molar-refractivity contribution < 1.29 is 18.3 Å². The largest absolute Gasteiger partial charge is 0.418 e. The quantitative estimate of drug-likeness (QED) is 0.747. The van der Waals surface area contributed by atoms with Crippen molar-refractivity contribution >= 4 is 11.4 Å². The number of aliphatic hydroxyl groups is 1. The number of rotatable bonds is 3. The first kappa shape index (κ1) is 15.9. The molecule has 1 aromatic rings. The third-order valence-corrected chi connectivity index (χ3v) is 4.28. The molecule has 3 nitrogen and oxygen atoms in total. The van der Waals surface area contributed by atoms with Crippen molar-refractivity contribution in [2.45, 2.75) is 44.3 Å². The molecule has 0 aromatic heterocycles. The lowest BCUT2D eigenvalue weighted by Gasteiger charge is -2.40. The molecule has 0 saturated heterocycles. The average Bonchev–Trinajstić information content (AvgIpc) is 2.42. The fourth-order valence-electron chi connectivity index (χ4n) is 2.83. The Morgan fingerprint density at radius 2 is 1.95 bits per heavy atom. The van der Waals surface area contributed by atoms with E-state index in [2.05, 4.69) is 12.2 Å². The Balaban J connectivity index is 2.30. The summed E-state index contributed by atoms with van der Waals surface area (Å²) < 4.78 is 39.3. The number of alkyl halides is 3. The van der Waals surface area contributed by atoms with Gasteiger partial charge in [-0.05, 0) is 49.8 Å². The SMILES string of the molecule is CC1CCC(CO)(Nc2ccc(N)cc2C(F)(F)F)CC1. The van der Waals surface area contributed by atoms with Gasteiger partial charge in [0.2, 0.25) is 0 Å². The van der Waals surface area contributed by atoms with Crippen molar-refractivity contribution in [1.82, 2.24) is 0 Å². The Hall–Kier alpha value is -1.43. The monoisotopic (exact) mass is 302 g/mol. The summed E-state index contributed by atoms with van der Waals surface area (Å²) in [5, 5.41) is 12.6. The highest BCUT2D eigenvalue weighted by Crippen LogP contribution is 2.40. The maximum absolute atomic E-state index is 13.1. The maximum Gasteiger partial charge on any atom is 0.418 e. The van der Waals surface area contributed by atoms with Crippen LogP contribution in [0.3, 0.4) is 0 Å². The molecule has 0 spiro atoms. The van der Waals surface area contributed by atoms with Gasteiger partial charge in [0.1, 0.15) is 0 Å². The molecule has 0 atom stereocenters. The Bertz CT molecular complexity index is 494. The number of anilines is 2. The zero-order valence-electron chi connectivity index (χ0n) is 12.0. The average molecular weight is 302 g/mol. The molecule has 0 bridgehead atoms. The Labute approximate surface area is 122 Å². The number of hydrogen-bond donors (Lipinski definition) is 3. The molecular weight excluding hydrogens is 281 g/mol. The van der Waals surface area contributed by atoms with Crippen LogP contribution in [0.15, 0.2) is 18.2 Å². The van der Waals surface area contributed by atoms with Crippen molar-refractivity contribution in [2.24, 2.45) is 5.92 Å². The van der Waals surface area contributed by atoms with Gasteiger partial charge in [-0.25, -0.2) is 0 Å². The van der Waals surface area contributed by atoms with Crippen molar-refractivity contribution in [1.29, 1.82) is 0 Å². The summed E-state index contributed by atoms with van der Waals surface area (Å²) in [4.78, 5) is 0. The van der Waals surface area contributed by atoms with Crippen LogP contribution in [-0.4, -0.2) is 17.3 Å². The van der Waals surface area contributed by atoms with Crippen molar-refractivity contribution in [3.05, 3.63) is 23.8 Å². The predicted molar refractivity (Wildman–Crippen MR) is 76.9 cm³/mol. The van der Waals surface area contributed by atoms with E-state index in [0.717, 1.165) is 18.9 Å². The summed E-state index contributed by atoms with van der Waals surface area (Å²) in [6.45, 7) is 1.94. The Morgan fingerprint density at radius 3 is 2.48 bits per heavy atom. The van der Waals surface area contributed by atoms with Crippen LogP contribution in [0.25, 0.3) is 0 Å². The summed E-state index contributed by atoms with van der Waals surface area (Å²) in [6, 6.07) is 3.71. The van der Waals surface area contributed by atoms with E-state index in [-0.39, 0.29) is 18.0 Å². The molecule has 21 heavy (non-hydrogen) atoms. The standard InChI is InChI=1S/C15H21F3N2O/c1-10-4-6-14(9-21,7-5-10)20-13-3-2-11(19)8-12(13)15(16,17)18/h2-3,8,10,20-21H,4-7,9,19H2,1H3. The molecule has 1 fully saturated rings. The number of nitrogens with one attached hydrogen (secondary N) is 1. The van der Waals surface area contributed by atoms with Crippen LogP contribution in [0.5, 0.6) is 0 Å². The summed E-state index contributed by atoms with van der Waals surface area (Å²) >= 11 is 0. The minimum atomic E-state index is -4.48. The highest BCUT2D eigenvalue weighted by Gasteiger charge is 2.38. The lowest BCUT2D eigenvalue weighted by molar-refractivity contribution is -0.137. The number of nitrogens with two attached hydrogens (primary N) is 1. The molecule has 4 N–H and O–H groups in total. The molecule has 2 rings (SSSR count). The highest BCUT2D eigenvalue weighted by atomic mass is 19.4. The van der Waals surface area contributed by atoms with Crippen molar-refractivity contribution in [3.63, 3.8) is 0 Å². The van der Waals surface area contributed by atoms with Gasteiger partial charge in [0, 0.05) is 11.4 Å². The Kier molecular flexibility index (Phi) is 4.37. The maximum atomic E-state index is 13.1. The third kappa shape index (κ3) is 3.61. The van der Waals surface area contributed by atoms with E-state index in [0.29, 0.717) is 18.8 Å². The van der Waals surface area contributed by atoms with Crippen molar-refractivity contribution in [3.8, 4) is 0 Å². The van der Waals surface area contributed by atoms with Gasteiger partial charge in [-0.2, -0.15) is 13.2 Å². The van der Waals surface area contributed by atoms with Crippen LogP contribution in [0, 0.1) is 5.92 Å². The van der Waals surface area contributed by atoms with E-state index in [9.17, 15) is 18.3 Å². The number of aliphatic hydroxyl groups excluding tert-OH is 1. The van der Waals surface area contributed by atoms with Crippen LogP contribution in [0.1, 0.15) is 38.2 Å². The summed E-state index contributed by atoms with van der Waals surface area (Å²) in [5.74, 6) is 0.542. The molecule has 0 unspecified atom stereocenters. The van der Waals surface area contributed by atoms with Gasteiger partial charge in [0.25, 0.3) is 0 Å². The minimum absolute atomic E-state index is 0.0136. The summed E-state index contributed by atoms with van der Waals surface area (Å²) in [7, 11) is 0. The fraction of sp³-hybridized carbons (Fsp3) is 0.600. The second-order valence-corrected chi connectivity index (χ2v) is 6.05. The number of halogens is 3. The van der Waals surface area contributed by atoms with Crippen molar-refractivity contribution in [2.75, 3.05) is 17.7 Å². The van der Waals surface area contributed by atoms with E-state index < -0.39 is 17.3 Å². The highest BCUT2D eigenvalue weighted by molar-refractivity contribution is 5.60. The van der Waals surface area contributed by atoms with Gasteiger partial charge in [0.15, 0.2) is 0 Å². The fourth-order valence-corrected chi connectivity index (χ4v) is 2.83. The topological polar surface area (TPSA) is 58.3 Å². The normalized spacial score (nSPS) is 26.6. The van der Waals surface area contributed by atoms with Gasteiger partial charge in [-0.1, -0.05) is 6.92 Å². The second kappa shape index (κ2) is 5.75. The van der Waals surface area contributed by atoms with Crippen LogP contribution < -0.4 is 11.1 Å². The van der Waals surface area contributed by atoms with Crippen LogP contribution in [-0.2, 0) is 6.18 Å². The van der Waals surface area contributed by atoms with E-state index in [1.807, 2.05) is 0 Å². The van der Waals surface area contributed by atoms with E-state index in [4.69, 9.17) is 5.73 Å². The zero-order valence-corrected chi connectivity index (χ0v) is 12.0. The smallest absolute Gasteiger partial charge is 0.399 e. The molecule has 1 saturated carbocycles. The number of nitrogen functional groups attached to an aromatic ring is 1. The van der Waals surface area contributed by atoms with E-state index in [1.54, 1.807) is 0 Å². The first-order chi connectivity index (χ1) is 9.76. The molecule has 1 aliphatic rings. The van der Waals surface area contributed by atoms with Crippen LogP contribution in [0.2, 0.25) is 0 Å². The van der Waals surface area contributed by atoms with Crippen LogP contribution >= 0.6 is 0 Å². The molecule has 6 heteroatoms. The molecule has 118 valence electrons. The molecule has 0 amide bonds. The molecular formula is C15H21F3N2O. The van der Waals surface area contributed by atoms with Gasteiger partial charge in [-0.15, -0.1) is 0 Å².